The molecule has 0 unspecified atom stereocenters. The van der Waals surface area contributed by atoms with E-state index in [9.17, 15) is 9.59 Å². The van der Waals surface area contributed by atoms with Gasteiger partial charge in [0, 0.05) is 5.69 Å². The number of hydrogen-bond acceptors (Lipinski definition) is 4. The Labute approximate surface area is 158 Å². The average Bonchev–Trinajstić information content (AvgIpc) is 2.60. The van der Waals surface area contributed by atoms with Crippen molar-refractivity contribution >= 4 is 34.9 Å². The van der Waals surface area contributed by atoms with Crippen LogP contribution >= 0.6 is 12.2 Å². The monoisotopic (exact) mass is 372 g/mol. The molecule has 1 aromatic carbocycles. The van der Waals surface area contributed by atoms with E-state index in [1.165, 1.54) is 26.4 Å². The van der Waals surface area contributed by atoms with Gasteiger partial charge in [-0.3, -0.25) is 4.79 Å². The Hall–Kier alpha value is -1.95. The van der Waals surface area contributed by atoms with Crippen LogP contribution in [0.3, 0.4) is 0 Å². The highest BCUT2D eigenvalue weighted by atomic mass is 32.1. The molecule has 5 rings (SSSR count). The Morgan fingerprint density at radius 3 is 2.08 bits per heavy atom. The SMILES string of the molecule is COC(=O)c1ccc(NC(=S)NC(=O)C23CC4CC(CC(C4)C2)C3)cc1. The minimum absolute atomic E-state index is 0.0836. The number of nitrogens with one attached hydrogen (secondary N) is 2. The molecule has 0 saturated heterocycles. The van der Waals surface area contributed by atoms with Crippen LogP contribution in [0.1, 0.15) is 48.9 Å². The molecule has 4 aliphatic rings. The van der Waals surface area contributed by atoms with Crippen molar-refractivity contribution in [2.45, 2.75) is 38.5 Å². The molecule has 0 aliphatic heterocycles. The Bertz CT molecular complexity index is 709. The van der Waals surface area contributed by atoms with Gasteiger partial charge in [0.1, 0.15) is 0 Å². The first-order valence-electron chi connectivity index (χ1n) is 9.28. The molecule has 0 aromatic heterocycles. The number of anilines is 1. The van der Waals surface area contributed by atoms with Crippen LogP contribution in [0.5, 0.6) is 0 Å². The van der Waals surface area contributed by atoms with Crippen molar-refractivity contribution in [2.75, 3.05) is 12.4 Å². The summed E-state index contributed by atoms with van der Waals surface area (Å²) in [7, 11) is 1.35. The number of thiocarbonyl (C=S) groups is 1. The van der Waals surface area contributed by atoms with Crippen LogP contribution in [0.2, 0.25) is 0 Å². The summed E-state index contributed by atoms with van der Waals surface area (Å²) < 4.78 is 4.68. The summed E-state index contributed by atoms with van der Waals surface area (Å²) in [6.45, 7) is 0. The molecule has 1 amide bonds. The Kier molecular flexibility index (Phi) is 4.47. The van der Waals surface area contributed by atoms with Crippen LogP contribution in [0, 0.1) is 23.2 Å². The van der Waals surface area contributed by atoms with Gasteiger partial charge >= 0.3 is 5.97 Å². The molecule has 2 N–H and O–H groups in total. The molecular weight excluding hydrogens is 348 g/mol. The van der Waals surface area contributed by atoms with E-state index in [-0.39, 0.29) is 17.3 Å². The second kappa shape index (κ2) is 6.65. The number of methoxy groups -OCH3 is 1. The van der Waals surface area contributed by atoms with Crippen molar-refractivity contribution < 1.29 is 14.3 Å². The maximum atomic E-state index is 13.0. The van der Waals surface area contributed by atoms with Gasteiger partial charge in [0.25, 0.3) is 0 Å². The van der Waals surface area contributed by atoms with Gasteiger partial charge in [-0.25, -0.2) is 4.79 Å². The zero-order valence-electron chi connectivity index (χ0n) is 14.9. The molecule has 5 nitrogen and oxygen atoms in total. The Morgan fingerprint density at radius 1 is 1.04 bits per heavy atom. The molecule has 4 bridgehead atoms. The third-order valence-corrected chi connectivity index (χ3v) is 6.51. The van der Waals surface area contributed by atoms with E-state index in [4.69, 9.17) is 12.2 Å². The number of carbonyl (C=O) groups excluding carboxylic acids is 2. The largest absolute Gasteiger partial charge is 0.465 e. The van der Waals surface area contributed by atoms with Crippen LogP contribution in [0.25, 0.3) is 0 Å². The van der Waals surface area contributed by atoms with Gasteiger partial charge in [-0.2, -0.15) is 0 Å². The number of hydrogen-bond donors (Lipinski definition) is 2. The first-order valence-corrected chi connectivity index (χ1v) is 9.69. The highest BCUT2D eigenvalue weighted by Crippen LogP contribution is 2.60. The fourth-order valence-corrected chi connectivity index (χ4v) is 5.80. The highest BCUT2D eigenvalue weighted by molar-refractivity contribution is 7.80. The van der Waals surface area contributed by atoms with Crippen LogP contribution in [-0.4, -0.2) is 24.1 Å². The van der Waals surface area contributed by atoms with E-state index in [1.54, 1.807) is 24.3 Å². The van der Waals surface area contributed by atoms with Crippen LogP contribution in [0.15, 0.2) is 24.3 Å². The predicted octanol–water partition coefficient (Wildman–Crippen LogP) is 3.50. The third-order valence-electron chi connectivity index (χ3n) is 6.31. The molecule has 26 heavy (non-hydrogen) atoms. The number of benzene rings is 1. The summed E-state index contributed by atoms with van der Waals surface area (Å²) >= 11 is 5.34. The van der Waals surface area contributed by atoms with Gasteiger partial charge in [0.05, 0.1) is 18.1 Å². The molecule has 1 aromatic rings. The zero-order valence-corrected chi connectivity index (χ0v) is 15.7. The fraction of sp³-hybridized carbons (Fsp3) is 0.550. The van der Waals surface area contributed by atoms with Crippen molar-refractivity contribution in [2.24, 2.45) is 23.2 Å². The first-order chi connectivity index (χ1) is 12.5. The summed E-state index contributed by atoms with van der Waals surface area (Å²) in [6, 6.07) is 6.82. The molecule has 4 saturated carbocycles. The van der Waals surface area contributed by atoms with Crippen molar-refractivity contribution in [3.63, 3.8) is 0 Å². The lowest BCUT2D eigenvalue weighted by Gasteiger charge is -2.55. The minimum atomic E-state index is -0.380. The molecule has 0 heterocycles. The van der Waals surface area contributed by atoms with E-state index in [0.29, 0.717) is 10.7 Å². The summed E-state index contributed by atoms with van der Waals surface area (Å²) in [4.78, 5) is 24.5. The Morgan fingerprint density at radius 2 is 1.58 bits per heavy atom. The van der Waals surface area contributed by atoms with Gasteiger partial charge in [-0.05, 0) is 92.8 Å². The number of ether oxygens (including phenoxy) is 1. The number of rotatable bonds is 3. The number of carbonyl (C=O) groups is 2. The number of esters is 1. The van der Waals surface area contributed by atoms with Gasteiger partial charge < -0.3 is 15.4 Å². The summed E-state index contributed by atoms with van der Waals surface area (Å²) in [6.07, 6.45) is 6.97. The predicted molar refractivity (Wildman–Crippen MR) is 103 cm³/mol. The molecule has 4 aliphatic carbocycles. The molecule has 138 valence electrons. The number of amides is 1. The summed E-state index contributed by atoms with van der Waals surface area (Å²) in [5.41, 5.74) is 0.991. The Balaban J connectivity index is 1.37. The standard InChI is InChI=1S/C20H24N2O3S/c1-25-17(23)15-2-4-16(5-3-15)21-19(26)22-18(24)20-9-12-6-13(10-20)8-14(7-12)11-20/h2-5,12-14H,6-11H2,1H3,(H2,21,22,24,26). The molecule has 0 spiro atoms. The lowest BCUT2D eigenvalue weighted by molar-refractivity contribution is -0.144. The van der Waals surface area contributed by atoms with Crippen molar-refractivity contribution in [3.8, 4) is 0 Å². The first kappa shape index (κ1) is 17.5. The smallest absolute Gasteiger partial charge is 0.337 e. The van der Waals surface area contributed by atoms with Gasteiger partial charge in [0.2, 0.25) is 5.91 Å². The topological polar surface area (TPSA) is 67.4 Å². The second-order valence-electron chi connectivity index (χ2n) is 8.18. The molecular formula is C20H24N2O3S. The minimum Gasteiger partial charge on any atom is -0.465 e. The van der Waals surface area contributed by atoms with E-state index in [0.717, 1.165) is 42.7 Å². The van der Waals surface area contributed by atoms with Gasteiger partial charge in [-0.15, -0.1) is 0 Å². The molecule has 0 atom stereocenters. The van der Waals surface area contributed by atoms with E-state index in [1.807, 2.05) is 0 Å². The quantitative estimate of drug-likeness (QED) is 0.628. The summed E-state index contributed by atoms with van der Waals surface area (Å²) in [5, 5.41) is 6.28. The van der Waals surface area contributed by atoms with Gasteiger partial charge in [0.15, 0.2) is 5.11 Å². The normalized spacial score (nSPS) is 31.3. The van der Waals surface area contributed by atoms with E-state index >= 15 is 0 Å². The highest BCUT2D eigenvalue weighted by Gasteiger charge is 2.54. The van der Waals surface area contributed by atoms with E-state index < -0.39 is 0 Å². The van der Waals surface area contributed by atoms with Crippen molar-refractivity contribution in [1.29, 1.82) is 0 Å². The second-order valence-corrected chi connectivity index (χ2v) is 8.58. The third kappa shape index (κ3) is 3.22. The maximum Gasteiger partial charge on any atom is 0.337 e. The van der Waals surface area contributed by atoms with Crippen LogP contribution in [0.4, 0.5) is 5.69 Å². The van der Waals surface area contributed by atoms with Gasteiger partial charge in [-0.1, -0.05) is 0 Å². The van der Waals surface area contributed by atoms with Crippen LogP contribution < -0.4 is 10.6 Å². The molecule has 6 heteroatoms. The lowest BCUT2D eigenvalue weighted by atomic mass is 9.49. The summed E-state index contributed by atoms with van der Waals surface area (Å²) in [5.74, 6) is 1.87. The zero-order chi connectivity index (χ0) is 18.3. The van der Waals surface area contributed by atoms with Crippen molar-refractivity contribution in [1.82, 2.24) is 5.32 Å². The van der Waals surface area contributed by atoms with Crippen molar-refractivity contribution in [3.05, 3.63) is 29.8 Å². The lowest BCUT2D eigenvalue weighted by Crippen LogP contribution is -2.55. The molecule has 4 fully saturated rings. The van der Waals surface area contributed by atoms with E-state index in [2.05, 4.69) is 15.4 Å². The average molecular weight is 372 g/mol. The van der Waals surface area contributed by atoms with Crippen LogP contribution in [-0.2, 0) is 9.53 Å². The molecule has 0 radical (unpaired) electrons. The fourth-order valence-electron chi connectivity index (χ4n) is 5.59. The maximum absolute atomic E-state index is 13.0.